The summed E-state index contributed by atoms with van der Waals surface area (Å²) in [5.41, 5.74) is 10.2. The Kier molecular flexibility index (Phi) is 6.53. The summed E-state index contributed by atoms with van der Waals surface area (Å²) in [6, 6.07) is 13.7. The number of carbonyl (C=O) groups excluding carboxylic acids is 1. The number of imidazole rings is 1. The van der Waals surface area contributed by atoms with Gasteiger partial charge >= 0.3 is 6.09 Å². The Balaban J connectivity index is 1.26. The normalized spacial score (nSPS) is 17.6. The predicted molar refractivity (Wildman–Crippen MR) is 153 cm³/mol. The summed E-state index contributed by atoms with van der Waals surface area (Å²) in [7, 11) is 0. The van der Waals surface area contributed by atoms with Crippen molar-refractivity contribution in [2.75, 3.05) is 6.61 Å². The van der Waals surface area contributed by atoms with E-state index in [4.69, 9.17) is 38.4 Å². The number of aryl methyl sites for hydroxylation is 1. The molecule has 1 unspecified atom stereocenters. The Morgan fingerprint density at radius 3 is 2.69 bits per heavy atom. The Morgan fingerprint density at radius 1 is 1.10 bits per heavy atom. The number of aromatic nitrogens is 7. The number of H-pyrrole nitrogens is 1. The van der Waals surface area contributed by atoms with Crippen LogP contribution in [0.4, 0.5) is 4.79 Å². The van der Waals surface area contributed by atoms with Crippen LogP contribution in [0.2, 0.25) is 10.2 Å². The van der Waals surface area contributed by atoms with Gasteiger partial charge in [0.25, 0.3) is 5.56 Å². The van der Waals surface area contributed by atoms with Gasteiger partial charge in [0.05, 0.1) is 30.1 Å². The molecule has 0 bridgehead atoms. The third-order valence-electron chi connectivity index (χ3n) is 7.56. The minimum absolute atomic E-state index is 0.179. The smallest absolute Gasteiger partial charge is 0.409 e. The van der Waals surface area contributed by atoms with Gasteiger partial charge in [0.2, 0.25) is 0 Å². The highest BCUT2D eigenvalue weighted by Crippen LogP contribution is 2.41. The molecule has 0 aliphatic carbocycles. The maximum Gasteiger partial charge on any atom is 0.409 e. The van der Waals surface area contributed by atoms with Gasteiger partial charge in [-0.3, -0.25) is 4.79 Å². The van der Waals surface area contributed by atoms with Gasteiger partial charge in [0.15, 0.2) is 5.15 Å². The number of hydrogen-bond donors (Lipinski definition) is 2. The predicted octanol–water partition coefficient (Wildman–Crippen LogP) is 4.64. The van der Waals surface area contributed by atoms with Crippen LogP contribution >= 0.6 is 23.2 Å². The van der Waals surface area contributed by atoms with Crippen LogP contribution in [0.3, 0.4) is 0 Å². The number of halogens is 2. The lowest BCUT2D eigenvalue weighted by molar-refractivity contribution is -0.0524. The number of aromatic amines is 1. The van der Waals surface area contributed by atoms with Crippen LogP contribution in [-0.4, -0.2) is 47.4 Å². The first-order valence-corrected chi connectivity index (χ1v) is 13.9. The van der Waals surface area contributed by atoms with Gasteiger partial charge in [0.1, 0.15) is 17.9 Å². The van der Waals surface area contributed by atoms with Crippen LogP contribution in [-0.2, 0) is 11.2 Å². The average Bonchev–Trinajstić information content (AvgIpc) is 3.68. The van der Waals surface area contributed by atoms with Gasteiger partial charge in [-0.25, -0.2) is 9.78 Å². The highest BCUT2D eigenvalue weighted by Gasteiger charge is 2.31. The van der Waals surface area contributed by atoms with Gasteiger partial charge < -0.3 is 24.8 Å². The zero-order valence-electron chi connectivity index (χ0n) is 21.8. The van der Waals surface area contributed by atoms with Gasteiger partial charge in [-0.1, -0.05) is 23.2 Å². The summed E-state index contributed by atoms with van der Waals surface area (Å²) in [5, 5.41) is 12.2. The summed E-state index contributed by atoms with van der Waals surface area (Å²) in [6.07, 6.45) is 2.52. The first kappa shape index (κ1) is 26.4. The van der Waals surface area contributed by atoms with Crippen molar-refractivity contribution in [1.29, 1.82) is 0 Å². The van der Waals surface area contributed by atoms with E-state index in [0.717, 1.165) is 28.8 Å². The minimum atomic E-state index is -0.901. The van der Waals surface area contributed by atoms with Crippen LogP contribution in [0.1, 0.15) is 41.9 Å². The molecule has 0 spiro atoms. The van der Waals surface area contributed by atoms with Gasteiger partial charge in [-0.15, -0.1) is 5.10 Å². The summed E-state index contributed by atoms with van der Waals surface area (Å²) >= 11 is 13.0. The molecule has 7 rings (SSSR count). The van der Waals surface area contributed by atoms with Crippen LogP contribution in [0.25, 0.3) is 28.2 Å². The van der Waals surface area contributed by atoms with Crippen molar-refractivity contribution in [3.8, 4) is 34.0 Å². The number of nitrogens with one attached hydrogen (secondary N) is 1. The van der Waals surface area contributed by atoms with Gasteiger partial charge in [0, 0.05) is 34.3 Å². The third-order valence-corrected chi connectivity index (χ3v) is 8.08. The van der Waals surface area contributed by atoms with Crippen molar-refractivity contribution in [1.82, 2.24) is 34.7 Å². The lowest BCUT2D eigenvalue weighted by Gasteiger charge is -2.28. The molecule has 3 aromatic heterocycles. The second-order valence-corrected chi connectivity index (χ2v) is 10.8. The number of pyridine rings is 1. The molecule has 2 aliphatic rings. The molecule has 0 radical (unpaired) electrons. The average molecular weight is 605 g/mol. The van der Waals surface area contributed by atoms with Crippen molar-refractivity contribution in [2.45, 2.75) is 31.4 Å². The second kappa shape index (κ2) is 10.4. The number of hydrogen-bond acceptors (Lipinski definition) is 8. The second-order valence-electron chi connectivity index (χ2n) is 10.0. The van der Waals surface area contributed by atoms with E-state index in [0.29, 0.717) is 53.0 Å². The highest BCUT2D eigenvalue weighted by atomic mass is 35.5. The number of fused-ring (bicyclic) bond motifs is 1. The molecule has 1 saturated heterocycles. The number of nitrogens with zero attached hydrogens (tertiary/aromatic N) is 6. The molecule has 2 atom stereocenters. The molecule has 212 valence electrons. The van der Waals surface area contributed by atoms with Crippen molar-refractivity contribution in [3.63, 3.8) is 0 Å². The SMILES string of the molecule is NC(=O)Oc1ccc(-c2nc(Cl)c([C@@H]3CCc4cc(-c5cc(Cl)ccc5-n5cnnn5)cc(=O)n43)[nH]2)c(C2CCO2)c1. The summed E-state index contributed by atoms with van der Waals surface area (Å²) in [4.78, 5) is 32.9. The molecular weight excluding hydrogens is 583 g/mol. The number of rotatable bonds is 6. The molecule has 2 aliphatic heterocycles. The fourth-order valence-electron chi connectivity index (χ4n) is 5.63. The van der Waals surface area contributed by atoms with E-state index in [9.17, 15) is 9.59 Å². The molecule has 5 aromatic rings. The summed E-state index contributed by atoms with van der Waals surface area (Å²) in [6.45, 7) is 0.630. The van der Waals surface area contributed by atoms with Gasteiger partial charge in [-0.2, -0.15) is 4.68 Å². The van der Waals surface area contributed by atoms with Crippen LogP contribution < -0.4 is 16.0 Å². The molecule has 2 aromatic carbocycles. The Morgan fingerprint density at radius 2 is 1.95 bits per heavy atom. The quantitative estimate of drug-likeness (QED) is 0.284. The fraction of sp³-hybridized carbons (Fsp3) is 0.214. The minimum Gasteiger partial charge on any atom is -0.410 e. The Bertz CT molecular complexity index is 1900. The van der Waals surface area contributed by atoms with E-state index in [1.165, 1.54) is 11.0 Å². The van der Waals surface area contributed by atoms with Crippen molar-refractivity contribution in [2.24, 2.45) is 5.73 Å². The van der Waals surface area contributed by atoms with E-state index in [1.54, 1.807) is 41.0 Å². The van der Waals surface area contributed by atoms with E-state index < -0.39 is 6.09 Å². The molecule has 5 heterocycles. The molecule has 42 heavy (non-hydrogen) atoms. The molecule has 0 saturated carbocycles. The number of primary amides is 1. The molecule has 14 heteroatoms. The number of tetrazole rings is 1. The molecule has 1 fully saturated rings. The lowest BCUT2D eigenvalue weighted by Crippen LogP contribution is -2.23. The number of nitrogens with two attached hydrogens (primary N) is 1. The molecule has 1 amide bonds. The lowest BCUT2D eigenvalue weighted by atomic mass is 9.97. The van der Waals surface area contributed by atoms with E-state index in [-0.39, 0.29) is 22.9 Å². The van der Waals surface area contributed by atoms with E-state index in [2.05, 4.69) is 25.5 Å². The maximum absolute atomic E-state index is 13.6. The standard InChI is InChI=1S/C28H22Cl2N8O4/c29-15-1-5-21(37-13-32-35-36-37)19(11-15)14-9-16-2-6-22(38(16)24(39)10-14)25-26(30)34-27(33-25)18-4-3-17(42-28(31)40)12-20(18)23-7-8-41-23/h1,3-5,9-13,22-23H,2,6-8H2,(H2,31,40)(H,33,34)/t22-,23?/m0/s1. The summed E-state index contributed by atoms with van der Waals surface area (Å²) in [5.74, 6) is 0.832. The van der Waals surface area contributed by atoms with Crippen molar-refractivity contribution < 1.29 is 14.3 Å². The molecular formula is C28H22Cl2N8O4. The van der Waals surface area contributed by atoms with Crippen LogP contribution in [0.5, 0.6) is 5.75 Å². The maximum atomic E-state index is 13.6. The highest BCUT2D eigenvalue weighted by molar-refractivity contribution is 6.31. The Labute approximate surface area is 248 Å². The third kappa shape index (κ3) is 4.63. The van der Waals surface area contributed by atoms with Crippen LogP contribution in [0.15, 0.2) is 59.7 Å². The molecule has 12 nitrogen and oxygen atoms in total. The van der Waals surface area contributed by atoms with Crippen molar-refractivity contribution >= 4 is 29.3 Å². The molecule has 3 N–H and O–H groups in total. The largest absolute Gasteiger partial charge is 0.410 e. The first-order valence-electron chi connectivity index (χ1n) is 13.1. The number of benzene rings is 2. The van der Waals surface area contributed by atoms with Crippen LogP contribution in [0, 0.1) is 0 Å². The fourth-order valence-corrected chi connectivity index (χ4v) is 6.06. The monoisotopic (exact) mass is 604 g/mol. The summed E-state index contributed by atoms with van der Waals surface area (Å²) < 4.78 is 14.1. The zero-order valence-corrected chi connectivity index (χ0v) is 23.3. The topological polar surface area (TPSA) is 156 Å². The number of ether oxygens (including phenoxy) is 2. The Hall–Kier alpha value is -4.52. The van der Waals surface area contributed by atoms with Gasteiger partial charge in [-0.05, 0) is 76.9 Å². The van der Waals surface area contributed by atoms with Crippen molar-refractivity contribution in [3.05, 3.63) is 92.3 Å². The van der Waals surface area contributed by atoms with E-state index in [1.807, 2.05) is 12.1 Å². The number of amides is 1. The number of carbonyl (C=O) groups is 1. The first-order chi connectivity index (χ1) is 20.4. The van der Waals surface area contributed by atoms with E-state index >= 15 is 0 Å². The zero-order chi connectivity index (χ0) is 29.0.